The van der Waals surface area contributed by atoms with E-state index in [2.05, 4.69) is 6.08 Å². The minimum atomic E-state index is -0.756. The monoisotopic (exact) mass is 145 g/mol. The lowest BCUT2D eigenvalue weighted by atomic mass is 10.4. The Morgan fingerprint density at radius 2 is 2.33 bits per heavy atom. The molecule has 0 spiro atoms. The fourth-order valence-corrected chi connectivity index (χ4v) is 1.62. The minimum absolute atomic E-state index is 0.691. The number of hydrogen-bond acceptors (Lipinski definition) is 1. The maximum atomic E-state index is 11.0. The Morgan fingerprint density at radius 1 is 1.56 bits per heavy atom. The Labute approximate surface area is 58.1 Å². The van der Waals surface area contributed by atoms with Gasteiger partial charge in [-0.05, 0) is 13.5 Å². The van der Waals surface area contributed by atoms with Crippen LogP contribution in [0.5, 0.6) is 0 Å². The van der Waals surface area contributed by atoms with Crippen LogP contribution in [0.25, 0.3) is 0 Å². The molecule has 1 heterocycles. The summed E-state index contributed by atoms with van der Waals surface area (Å²) in [5.74, 6) is 0.691. The molecule has 52 valence electrons. The van der Waals surface area contributed by atoms with Crippen LogP contribution in [0.15, 0.2) is 12.2 Å². The second-order valence-electron chi connectivity index (χ2n) is 2.10. The van der Waals surface area contributed by atoms with Gasteiger partial charge in [0.2, 0.25) is 0 Å². The van der Waals surface area contributed by atoms with Crippen molar-refractivity contribution in [1.29, 1.82) is 0 Å². The summed E-state index contributed by atoms with van der Waals surface area (Å²) in [5.41, 5.74) is 0. The van der Waals surface area contributed by atoms with Gasteiger partial charge in [-0.15, -0.1) is 0 Å². The van der Waals surface area contributed by atoms with Crippen LogP contribution in [0.2, 0.25) is 0 Å². The van der Waals surface area contributed by atoms with Crippen molar-refractivity contribution in [3.63, 3.8) is 0 Å². The van der Waals surface area contributed by atoms with Gasteiger partial charge in [-0.25, -0.2) is 8.51 Å². The molecule has 0 fully saturated rings. The molecule has 0 saturated carbocycles. The summed E-state index contributed by atoms with van der Waals surface area (Å²) in [7, 11) is 1.14. The molecule has 9 heavy (non-hydrogen) atoms. The Bertz CT molecular complexity index is 144. The highest BCUT2D eigenvalue weighted by Gasteiger charge is 2.06. The van der Waals surface area contributed by atoms with Crippen LogP contribution >= 0.6 is 0 Å². The van der Waals surface area contributed by atoms with E-state index in [4.69, 9.17) is 0 Å². The lowest BCUT2D eigenvalue weighted by Gasteiger charge is -2.09. The molecule has 3 heteroatoms. The van der Waals surface area contributed by atoms with Gasteiger partial charge in [-0.3, -0.25) is 0 Å². The Balaban J connectivity index is 2.52. The molecule has 0 aromatic rings. The van der Waals surface area contributed by atoms with Gasteiger partial charge in [-0.2, -0.15) is 0 Å². The molecule has 0 bridgehead atoms. The Kier molecular flexibility index (Phi) is 2.42. The van der Waals surface area contributed by atoms with Crippen LogP contribution in [-0.2, 0) is 11.0 Å². The molecule has 0 N–H and O–H groups in total. The van der Waals surface area contributed by atoms with Crippen LogP contribution in [-0.4, -0.2) is 27.9 Å². The van der Waals surface area contributed by atoms with Crippen LogP contribution in [0.4, 0.5) is 0 Å². The van der Waals surface area contributed by atoms with Gasteiger partial charge in [0, 0.05) is 6.54 Å². The molecular formula is C6H11NOS. The van der Waals surface area contributed by atoms with Crippen molar-refractivity contribution < 1.29 is 4.21 Å². The van der Waals surface area contributed by atoms with Crippen LogP contribution < -0.4 is 0 Å². The first kappa shape index (κ1) is 6.96. The molecule has 1 aliphatic rings. The molecule has 1 aliphatic heterocycles. The van der Waals surface area contributed by atoms with Gasteiger partial charge in [0.1, 0.15) is 0 Å². The van der Waals surface area contributed by atoms with Crippen LogP contribution in [0, 0.1) is 0 Å². The van der Waals surface area contributed by atoms with Gasteiger partial charge in [0.05, 0.1) is 16.7 Å². The van der Waals surface area contributed by atoms with Crippen molar-refractivity contribution >= 4 is 11.0 Å². The highest BCUT2D eigenvalue weighted by Crippen LogP contribution is 2.00. The largest absolute Gasteiger partial charge is 0.242 e. The third-order valence-electron chi connectivity index (χ3n) is 1.36. The predicted molar refractivity (Wildman–Crippen MR) is 39.4 cm³/mol. The van der Waals surface area contributed by atoms with E-state index >= 15 is 0 Å². The normalized spacial score (nSPS) is 30.1. The first-order chi connectivity index (χ1) is 4.30. The molecule has 0 aliphatic carbocycles. The van der Waals surface area contributed by atoms with E-state index in [0.717, 1.165) is 13.0 Å². The first-order valence-electron chi connectivity index (χ1n) is 3.05. The maximum Gasteiger partial charge on any atom is 0.0978 e. The average Bonchev–Trinajstić information content (AvgIpc) is 1.99. The highest BCUT2D eigenvalue weighted by atomic mass is 32.2. The van der Waals surface area contributed by atoms with Gasteiger partial charge in [0.25, 0.3) is 0 Å². The van der Waals surface area contributed by atoms with Crippen molar-refractivity contribution in [3.8, 4) is 0 Å². The first-order valence-corrected chi connectivity index (χ1v) is 4.33. The summed E-state index contributed by atoms with van der Waals surface area (Å²) in [6, 6.07) is 0. The number of nitrogens with zero attached hydrogens (tertiary/aromatic N) is 1. The zero-order valence-corrected chi connectivity index (χ0v) is 6.36. The van der Waals surface area contributed by atoms with Crippen molar-refractivity contribution in [2.45, 2.75) is 6.42 Å². The lowest BCUT2D eigenvalue weighted by Crippen LogP contribution is -2.21. The van der Waals surface area contributed by atoms with Gasteiger partial charge >= 0.3 is 0 Å². The summed E-state index contributed by atoms with van der Waals surface area (Å²) < 4.78 is 12.9. The van der Waals surface area contributed by atoms with Crippen molar-refractivity contribution in [2.75, 3.05) is 19.3 Å². The maximum absolute atomic E-state index is 11.0. The number of hydrogen-bond donors (Lipinski definition) is 0. The quantitative estimate of drug-likeness (QED) is 0.456. The summed E-state index contributed by atoms with van der Waals surface area (Å²) in [6.45, 7) is 0.920. The second-order valence-corrected chi connectivity index (χ2v) is 3.70. The van der Waals surface area contributed by atoms with Gasteiger partial charge < -0.3 is 0 Å². The Hall–Kier alpha value is -0.150. The smallest absolute Gasteiger partial charge is 0.0978 e. The van der Waals surface area contributed by atoms with Crippen LogP contribution in [0.3, 0.4) is 0 Å². The standard InChI is InChI=1S/C6H11NOS/c1-7-5-3-2-4-6-9(7)8/h2,4H,3,5-6H2,1H3. The third-order valence-corrected chi connectivity index (χ3v) is 2.72. The second kappa shape index (κ2) is 3.13. The molecule has 0 radical (unpaired) electrons. The third kappa shape index (κ3) is 1.91. The molecule has 0 aromatic heterocycles. The molecule has 2 nitrogen and oxygen atoms in total. The van der Waals surface area contributed by atoms with E-state index in [1.807, 2.05) is 17.4 Å². The van der Waals surface area contributed by atoms with E-state index in [1.54, 1.807) is 0 Å². The topological polar surface area (TPSA) is 20.3 Å². The van der Waals surface area contributed by atoms with Crippen molar-refractivity contribution in [1.82, 2.24) is 4.31 Å². The Morgan fingerprint density at radius 3 is 3.11 bits per heavy atom. The molecule has 1 rings (SSSR count). The van der Waals surface area contributed by atoms with Gasteiger partial charge in [0.15, 0.2) is 0 Å². The average molecular weight is 145 g/mol. The van der Waals surface area contributed by atoms with E-state index in [0.29, 0.717) is 5.75 Å². The minimum Gasteiger partial charge on any atom is -0.242 e. The zero-order valence-electron chi connectivity index (χ0n) is 5.54. The van der Waals surface area contributed by atoms with Crippen molar-refractivity contribution in [2.24, 2.45) is 0 Å². The number of rotatable bonds is 0. The zero-order chi connectivity index (χ0) is 6.69. The van der Waals surface area contributed by atoms with Crippen LogP contribution in [0.1, 0.15) is 6.42 Å². The molecule has 0 aromatic carbocycles. The summed E-state index contributed by atoms with van der Waals surface area (Å²) in [6.07, 6.45) is 5.10. The highest BCUT2D eigenvalue weighted by molar-refractivity contribution is 7.82. The molecular weight excluding hydrogens is 134 g/mol. The molecule has 0 amide bonds. The van der Waals surface area contributed by atoms with E-state index < -0.39 is 11.0 Å². The SMILES string of the molecule is CN1CCC=CCS1=O. The van der Waals surface area contributed by atoms with E-state index in [9.17, 15) is 4.21 Å². The summed E-state index contributed by atoms with van der Waals surface area (Å²) in [4.78, 5) is 0. The molecule has 1 unspecified atom stereocenters. The fourth-order valence-electron chi connectivity index (χ4n) is 0.754. The van der Waals surface area contributed by atoms with Crippen molar-refractivity contribution in [3.05, 3.63) is 12.2 Å². The van der Waals surface area contributed by atoms with E-state index in [1.165, 1.54) is 0 Å². The summed E-state index contributed by atoms with van der Waals surface area (Å²) >= 11 is 0. The molecule has 1 atom stereocenters. The van der Waals surface area contributed by atoms with E-state index in [-0.39, 0.29) is 0 Å². The summed E-state index contributed by atoms with van der Waals surface area (Å²) in [5, 5.41) is 0. The molecule has 0 saturated heterocycles. The fraction of sp³-hybridized carbons (Fsp3) is 0.667. The predicted octanol–water partition coefficient (Wildman–Crippen LogP) is 0.542. The van der Waals surface area contributed by atoms with Gasteiger partial charge in [-0.1, -0.05) is 12.2 Å². The lowest BCUT2D eigenvalue weighted by molar-refractivity contribution is 0.535.